The minimum atomic E-state index is -0.112. The summed E-state index contributed by atoms with van der Waals surface area (Å²) in [5.41, 5.74) is 6.90. The summed E-state index contributed by atoms with van der Waals surface area (Å²) in [6, 6.07) is 20.5. The Morgan fingerprint density at radius 3 is 2.56 bits per heavy atom. The Hall–Kier alpha value is -3.57. The number of rotatable bonds is 7. The first-order valence-electron chi connectivity index (χ1n) is 12.9. The number of carbonyl (C=O) groups is 1. The van der Waals surface area contributed by atoms with Crippen LogP contribution < -0.4 is 14.8 Å². The van der Waals surface area contributed by atoms with E-state index in [1.54, 1.807) is 0 Å². The molecule has 5 rings (SSSR count). The van der Waals surface area contributed by atoms with Crippen molar-refractivity contribution in [2.45, 2.75) is 33.1 Å². The van der Waals surface area contributed by atoms with Crippen molar-refractivity contribution in [3.8, 4) is 22.6 Å². The van der Waals surface area contributed by atoms with E-state index in [0.717, 1.165) is 59.1 Å². The molecule has 0 unspecified atom stereocenters. The molecule has 2 heterocycles. The van der Waals surface area contributed by atoms with Crippen molar-refractivity contribution in [3.05, 3.63) is 82.9 Å². The van der Waals surface area contributed by atoms with Crippen LogP contribution in [0.15, 0.2) is 66.2 Å². The molecule has 0 aliphatic carbocycles. The Balaban J connectivity index is 1.29. The van der Waals surface area contributed by atoms with Gasteiger partial charge in [-0.25, -0.2) is 0 Å². The quantitative estimate of drug-likeness (QED) is 0.432. The number of nitrogens with one attached hydrogen (secondary N) is 1. The molecule has 3 aromatic rings. The zero-order valence-electron chi connectivity index (χ0n) is 21.2. The minimum Gasteiger partial charge on any atom is -0.493 e. The Morgan fingerprint density at radius 1 is 0.972 bits per heavy atom. The Kier molecular flexibility index (Phi) is 7.38. The van der Waals surface area contributed by atoms with E-state index in [-0.39, 0.29) is 5.91 Å². The number of likely N-dealkylation sites (tertiary alicyclic amines) is 1. The number of hydrogen-bond donors (Lipinski definition) is 1. The highest BCUT2D eigenvalue weighted by Crippen LogP contribution is 2.32. The van der Waals surface area contributed by atoms with Gasteiger partial charge in [0, 0.05) is 35.9 Å². The molecular weight excluding hydrogens is 448 g/mol. The lowest BCUT2D eigenvalue weighted by Crippen LogP contribution is -2.25. The highest BCUT2D eigenvalue weighted by atomic mass is 16.5. The molecule has 5 heteroatoms. The van der Waals surface area contributed by atoms with Crippen molar-refractivity contribution < 1.29 is 14.3 Å². The maximum Gasteiger partial charge on any atom is 0.251 e. The smallest absolute Gasteiger partial charge is 0.251 e. The maximum absolute atomic E-state index is 13.2. The number of fused-ring (bicyclic) bond motifs is 1. The number of carbonyl (C=O) groups excluding carboxylic acids is 1. The van der Waals surface area contributed by atoms with E-state index in [0.29, 0.717) is 25.2 Å². The zero-order chi connectivity index (χ0) is 24.9. The standard InChI is InChI=1S/C31H34N2O3/c1-22-5-8-24(9-6-22)25-10-12-29-27(19-25)20-26(13-17-35-29)31(34)32-28-11-7-23(2)30(21-28)36-18-16-33-14-3-4-15-33/h5-12,19-21H,3-4,13-18H2,1-2H3,(H,32,34). The summed E-state index contributed by atoms with van der Waals surface area (Å²) in [6.07, 6.45) is 5.06. The summed E-state index contributed by atoms with van der Waals surface area (Å²) in [6.45, 7) is 8.49. The van der Waals surface area contributed by atoms with Crippen LogP contribution in [0.25, 0.3) is 17.2 Å². The maximum atomic E-state index is 13.2. The molecule has 0 aromatic heterocycles. The molecule has 2 aliphatic rings. The fourth-order valence-corrected chi connectivity index (χ4v) is 4.76. The predicted octanol–water partition coefficient (Wildman–Crippen LogP) is 6.25. The van der Waals surface area contributed by atoms with Gasteiger partial charge in [-0.2, -0.15) is 0 Å². The lowest BCUT2D eigenvalue weighted by atomic mass is 10.00. The molecule has 5 nitrogen and oxygen atoms in total. The fourth-order valence-electron chi connectivity index (χ4n) is 4.76. The van der Waals surface area contributed by atoms with E-state index in [1.165, 1.54) is 18.4 Å². The van der Waals surface area contributed by atoms with Crippen molar-refractivity contribution in [3.63, 3.8) is 0 Å². The zero-order valence-corrected chi connectivity index (χ0v) is 21.2. The average molecular weight is 483 g/mol. The molecule has 1 N–H and O–H groups in total. The molecule has 0 atom stereocenters. The molecule has 2 aliphatic heterocycles. The van der Waals surface area contributed by atoms with Crippen LogP contribution in [0.1, 0.15) is 36.0 Å². The van der Waals surface area contributed by atoms with E-state index < -0.39 is 0 Å². The first-order valence-corrected chi connectivity index (χ1v) is 12.9. The van der Waals surface area contributed by atoms with Crippen LogP contribution in [0.5, 0.6) is 11.5 Å². The molecule has 0 bridgehead atoms. The van der Waals surface area contributed by atoms with Crippen LogP contribution in [0.2, 0.25) is 0 Å². The molecule has 1 fully saturated rings. The number of nitrogens with zero attached hydrogens (tertiary/aromatic N) is 1. The Bertz CT molecular complexity index is 1260. The second-order valence-electron chi connectivity index (χ2n) is 9.72. The third-order valence-electron chi connectivity index (χ3n) is 6.95. The van der Waals surface area contributed by atoms with Gasteiger partial charge in [-0.05, 0) is 80.7 Å². The largest absolute Gasteiger partial charge is 0.493 e. The molecule has 3 aromatic carbocycles. The van der Waals surface area contributed by atoms with Gasteiger partial charge >= 0.3 is 0 Å². The van der Waals surface area contributed by atoms with Crippen molar-refractivity contribution in [1.29, 1.82) is 0 Å². The number of hydrogen-bond acceptors (Lipinski definition) is 4. The summed E-state index contributed by atoms with van der Waals surface area (Å²) >= 11 is 0. The molecule has 0 saturated carbocycles. The van der Waals surface area contributed by atoms with Crippen LogP contribution in [0.4, 0.5) is 5.69 Å². The van der Waals surface area contributed by atoms with E-state index in [9.17, 15) is 4.79 Å². The first kappa shape index (κ1) is 24.1. The summed E-state index contributed by atoms with van der Waals surface area (Å²) in [4.78, 5) is 15.7. The van der Waals surface area contributed by atoms with Crippen LogP contribution in [0, 0.1) is 13.8 Å². The van der Waals surface area contributed by atoms with Gasteiger partial charge in [0.2, 0.25) is 0 Å². The monoisotopic (exact) mass is 482 g/mol. The lowest BCUT2D eigenvalue weighted by Gasteiger charge is -2.16. The number of benzene rings is 3. The van der Waals surface area contributed by atoms with Crippen molar-refractivity contribution in [1.82, 2.24) is 4.90 Å². The summed E-state index contributed by atoms with van der Waals surface area (Å²) in [5, 5.41) is 3.07. The van der Waals surface area contributed by atoms with Gasteiger partial charge < -0.3 is 14.8 Å². The average Bonchev–Trinajstić information content (AvgIpc) is 3.30. The van der Waals surface area contributed by atoms with Gasteiger partial charge in [0.15, 0.2) is 0 Å². The van der Waals surface area contributed by atoms with Crippen molar-refractivity contribution in [2.75, 3.05) is 38.2 Å². The van der Waals surface area contributed by atoms with Crippen LogP contribution in [-0.4, -0.2) is 43.7 Å². The number of anilines is 1. The third kappa shape index (κ3) is 5.80. The van der Waals surface area contributed by atoms with Gasteiger partial charge in [-0.15, -0.1) is 0 Å². The lowest BCUT2D eigenvalue weighted by molar-refractivity contribution is -0.113. The molecular formula is C31H34N2O3. The van der Waals surface area contributed by atoms with E-state index in [1.807, 2.05) is 37.3 Å². The van der Waals surface area contributed by atoms with Crippen molar-refractivity contribution >= 4 is 17.7 Å². The molecule has 0 spiro atoms. The Morgan fingerprint density at radius 2 is 1.75 bits per heavy atom. The van der Waals surface area contributed by atoms with Gasteiger partial charge in [0.05, 0.1) is 6.61 Å². The number of ether oxygens (including phenoxy) is 2. The third-order valence-corrected chi connectivity index (χ3v) is 6.95. The van der Waals surface area contributed by atoms with Gasteiger partial charge in [-0.1, -0.05) is 42.0 Å². The van der Waals surface area contributed by atoms with Crippen LogP contribution >= 0.6 is 0 Å². The van der Waals surface area contributed by atoms with E-state index in [4.69, 9.17) is 9.47 Å². The van der Waals surface area contributed by atoms with Crippen LogP contribution in [0.3, 0.4) is 0 Å². The minimum absolute atomic E-state index is 0.112. The summed E-state index contributed by atoms with van der Waals surface area (Å²) in [7, 11) is 0. The topological polar surface area (TPSA) is 50.8 Å². The van der Waals surface area contributed by atoms with Crippen LogP contribution in [-0.2, 0) is 4.79 Å². The fraction of sp³-hybridized carbons (Fsp3) is 0.323. The summed E-state index contributed by atoms with van der Waals surface area (Å²) in [5.74, 6) is 1.51. The second kappa shape index (κ2) is 11.0. The molecule has 0 radical (unpaired) electrons. The number of aryl methyl sites for hydroxylation is 2. The van der Waals surface area contributed by atoms with Crippen molar-refractivity contribution in [2.24, 2.45) is 0 Å². The first-order chi connectivity index (χ1) is 17.5. The highest BCUT2D eigenvalue weighted by Gasteiger charge is 2.17. The van der Waals surface area contributed by atoms with Gasteiger partial charge in [0.25, 0.3) is 5.91 Å². The van der Waals surface area contributed by atoms with Gasteiger partial charge in [0.1, 0.15) is 18.1 Å². The summed E-state index contributed by atoms with van der Waals surface area (Å²) < 4.78 is 12.0. The number of amides is 1. The highest BCUT2D eigenvalue weighted by molar-refractivity contribution is 6.07. The Labute approximate surface area is 213 Å². The molecule has 36 heavy (non-hydrogen) atoms. The molecule has 1 saturated heterocycles. The predicted molar refractivity (Wildman–Crippen MR) is 146 cm³/mol. The second-order valence-corrected chi connectivity index (χ2v) is 9.72. The molecule has 1 amide bonds. The van der Waals surface area contributed by atoms with E-state index in [2.05, 4.69) is 53.5 Å². The van der Waals surface area contributed by atoms with E-state index >= 15 is 0 Å². The molecule has 186 valence electrons. The SMILES string of the molecule is Cc1ccc(-c2ccc3c(c2)C=C(C(=O)Nc2ccc(C)c(OCCN4CCCC4)c2)CCO3)cc1. The normalized spacial score (nSPS) is 15.4. The van der Waals surface area contributed by atoms with Gasteiger partial charge in [-0.3, -0.25) is 9.69 Å².